The summed E-state index contributed by atoms with van der Waals surface area (Å²) >= 11 is 4.77. The van der Waals surface area contributed by atoms with Gasteiger partial charge in [-0.25, -0.2) is 0 Å². The van der Waals surface area contributed by atoms with Gasteiger partial charge in [0.15, 0.2) is 0 Å². The normalized spacial score (nSPS) is 15.5. The van der Waals surface area contributed by atoms with Crippen molar-refractivity contribution in [2.24, 2.45) is 0 Å². The van der Waals surface area contributed by atoms with Gasteiger partial charge in [-0.3, -0.25) is 0 Å². The Bertz CT molecular complexity index is 1160. The maximum absolute atomic E-state index is 2.38. The Morgan fingerprint density at radius 1 is 0.387 bits per heavy atom. The van der Waals surface area contributed by atoms with Crippen LogP contribution in [-0.4, -0.2) is 43.5 Å². The van der Waals surface area contributed by atoms with Crippen molar-refractivity contribution in [1.29, 1.82) is 0 Å². The molecule has 1 heterocycles. The molecule has 138 valence electrons. The molecule has 0 atom stereocenters. The summed E-state index contributed by atoms with van der Waals surface area (Å²) < 4.78 is 3.04. The van der Waals surface area contributed by atoms with Gasteiger partial charge in [0, 0.05) is 0 Å². The monoisotopic (exact) mass is 398 g/mol. The Morgan fingerprint density at radius 2 is 0.677 bits per heavy atom. The van der Waals surface area contributed by atoms with Crippen LogP contribution in [-0.2, 0) is 0 Å². The summed E-state index contributed by atoms with van der Waals surface area (Å²) in [5.74, 6) is 0. The van der Waals surface area contributed by atoms with Gasteiger partial charge < -0.3 is 0 Å². The zero-order chi connectivity index (χ0) is 21.3. The molecule has 5 rings (SSSR count). The quantitative estimate of drug-likeness (QED) is 0.444. The van der Waals surface area contributed by atoms with E-state index in [9.17, 15) is 0 Å². The molecule has 31 heavy (non-hydrogen) atoms. The Balaban J connectivity index is 1.93. The van der Waals surface area contributed by atoms with E-state index in [4.69, 9.17) is 0 Å². The first kappa shape index (κ1) is 20.7. The summed E-state index contributed by atoms with van der Waals surface area (Å²) in [6.07, 6.45) is 0. The van der Waals surface area contributed by atoms with Gasteiger partial charge in [-0.05, 0) is 0 Å². The van der Waals surface area contributed by atoms with Crippen LogP contribution in [0.1, 0.15) is 11.1 Å². The van der Waals surface area contributed by atoms with E-state index in [1.54, 1.807) is 0 Å². The van der Waals surface area contributed by atoms with Gasteiger partial charge >= 0.3 is 205 Å². The fraction of sp³-hybridized carbons (Fsp3) is 0. The number of hydrogen-bond donors (Lipinski definition) is 0. The average molecular weight is 398 g/mol. The second-order valence-electron chi connectivity index (χ2n) is 8.21. The van der Waals surface area contributed by atoms with Crippen molar-refractivity contribution in [2.45, 2.75) is 0 Å². The van der Waals surface area contributed by atoms with Crippen molar-refractivity contribution in [3.8, 4) is 0 Å². The molecular weight excluding hydrogens is 378 g/mol. The van der Waals surface area contributed by atoms with Crippen molar-refractivity contribution in [1.82, 2.24) is 0 Å². The SMILES string of the molecule is [Li][C]1=C(c2ccccc2)C(c2ccccc2)=[C]([Li])[Si]1(c1ccccc1)c1ccccc1. The average Bonchev–Trinajstić information content (AvgIpc) is 3.08. The summed E-state index contributed by atoms with van der Waals surface area (Å²) in [6.45, 7) is 0. The molecule has 0 bridgehead atoms. The van der Waals surface area contributed by atoms with Gasteiger partial charge in [0.05, 0.1) is 0 Å². The van der Waals surface area contributed by atoms with E-state index < -0.39 is 8.07 Å². The standard InChI is InChI=1S/C28H20Si.2Li/c1-5-13-23(14-6-1)27-21-29(25-17-9-3-10-18-25,26-19-11-4-12-20-26)22-28(27)24-15-7-2-8-16-24;;/h1-20H;;. The Kier molecular flexibility index (Phi) is 5.81. The molecule has 0 unspecified atom stereocenters. The number of hydrogen-bond acceptors (Lipinski definition) is 0. The minimum atomic E-state index is -2.32. The Morgan fingerprint density at radius 3 is 1.00 bits per heavy atom. The zero-order valence-corrected chi connectivity index (χ0v) is 19.0. The molecule has 0 radical (unpaired) electrons. The number of allylic oxidation sites excluding steroid dienone is 2. The number of rotatable bonds is 4. The van der Waals surface area contributed by atoms with Crippen LogP contribution >= 0.6 is 0 Å². The Hall–Kier alpha value is -2.23. The van der Waals surface area contributed by atoms with E-state index in [2.05, 4.69) is 157 Å². The zero-order valence-electron chi connectivity index (χ0n) is 18.0. The van der Waals surface area contributed by atoms with Crippen molar-refractivity contribution >= 4 is 65.0 Å². The van der Waals surface area contributed by atoms with Crippen molar-refractivity contribution in [3.63, 3.8) is 0 Å². The molecule has 1 aliphatic heterocycles. The van der Waals surface area contributed by atoms with Gasteiger partial charge in [-0.2, -0.15) is 0 Å². The van der Waals surface area contributed by atoms with Crippen LogP contribution in [0.25, 0.3) is 11.1 Å². The molecule has 0 N–H and O–H groups in total. The van der Waals surface area contributed by atoms with Crippen LogP contribution in [0.5, 0.6) is 0 Å². The molecule has 0 amide bonds. The molecule has 0 aliphatic carbocycles. The van der Waals surface area contributed by atoms with E-state index in [1.807, 2.05) is 0 Å². The van der Waals surface area contributed by atoms with Gasteiger partial charge in [-0.1, -0.05) is 0 Å². The van der Waals surface area contributed by atoms with Crippen molar-refractivity contribution in [3.05, 3.63) is 140 Å². The topological polar surface area (TPSA) is 0 Å². The summed E-state index contributed by atoms with van der Waals surface area (Å²) in [5.41, 5.74) is 5.42. The van der Waals surface area contributed by atoms with Crippen LogP contribution in [0.4, 0.5) is 0 Å². The first-order valence-corrected chi connectivity index (χ1v) is 12.9. The van der Waals surface area contributed by atoms with Crippen LogP contribution in [0.2, 0.25) is 0 Å². The van der Waals surface area contributed by atoms with Crippen LogP contribution in [0.15, 0.2) is 129 Å². The second-order valence-corrected chi connectivity index (χ2v) is 12.4. The van der Waals surface area contributed by atoms with E-state index in [0.717, 1.165) is 0 Å². The van der Waals surface area contributed by atoms with E-state index in [1.165, 1.54) is 40.4 Å². The first-order chi connectivity index (χ1) is 15.2. The third kappa shape index (κ3) is 3.39. The van der Waals surface area contributed by atoms with Crippen LogP contribution in [0.3, 0.4) is 0 Å². The maximum atomic E-state index is 2.38. The molecule has 0 fully saturated rings. The number of benzene rings is 4. The van der Waals surface area contributed by atoms with Gasteiger partial charge in [0.25, 0.3) is 0 Å². The molecule has 4 aromatic rings. The Labute approximate surface area is 204 Å². The van der Waals surface area contributed by atoms with Gasteiger partial charge in [-0.15, -0.1) is 0 Å². The molecule has 0 saturated heterocycles. The summed E-state index contributed by atoms with van der Waals surface area (Å²) in [4.78, 5) is 0. The fourth-order valence-electron chi connectivity index (χ4n) is 5.37. The third-order valence-corrected chi connectivity index (χ3v) is 11.8. The molecule has 1 aliphatic rings. The minimum absolute atomic E-state index is 1.31. The van der Waals surface area contributed by atoms with Crippen LogP contribution in [0, 0.1) is 0 Å². The predicted octanol–water partition coefficient (Wildman–Crippen LogP) is 4.50. The summed E-state index contributed by atoms with van der Waals surface area (Å²) in [5, 5.41) is 2.91. The van der Waals surface area contributed by atoms with Gasteiger partial charge in [0.1, 0.15) is 0 Å². The van der Waals surface area contributed by atoms with Crippen molar-refractivity contribution in [2.75, 3.05) is 0 Å². The predicted molar refractivity (Wildman–Crippen MR) is 136 cm³/mol. The summed E-state index contributed by atoms with van der Waals surface area (Å²) in [7, 11) is -2.32. The fourth-order valence-corrected chi connectivity index (χ4v) is 10.7. The summed E-state index contributed by atoms with van der Waals surface area (Å²) in [6, 6.07) is 44.2. The molecule has 4 aromatic carbocycles. The van der Waals surface area contributed by atoms with Crippen molar-refractivity contribution < 1.29 is 0 Å². The van der Waals surface area contributed by atoms with E-state index in [-0.39, 0.29) is 0 Å². The first-order valence-electron chi connectivity index (χ1n) is 10.9. The molecular formula is C28H20Li2Si. The van der Waals surface area contributed by atoms with E-state index in [0.29, 0.717) is 0 Å². The molecule has 3 heteroatoms. The molecule has 0 nitrogen and oxygen atoms in total. The molecule has 0 aromatic heterocycles. The molecule has 0 saturated carbocycles. The molecule has 0 spiro atoms. The third-order valence-electron chi connectivity index (χ3n) is 6.66. The van der Waals surface area contributed by atoms with Crippen LogP contribution < -0.4 is 10.4 Å². The van der Waals surface area contributed by atoms with Gasteiger partial charge in [0.2, 0.25) is 0 Å². The second kappa shape index (κ2) is 8.72. The van der Waals surface area contributed by atoms with E-state index >= 15 is 0 Å².